The van der Waals surface area contributed by atoms with Crippen LogP contribution in [0.15, 0.2) is 18.2 Å². The number of benzene rings is 1. The highest BCUT2D eigenvalue weighted by Gasteiger charge is 2.13. The summed E-state index contributed by atoms with van der Waals surface area (Å²) in [5, 5.41) is 11.9. The number of carbonyl (C=O) groups excluding carboxylic acids is 1. The number of aromatic carboxylic acids is 1. The van der Waals surface area contributed by atoms with Gasteiger partial charge in [0.15, 0.2) is 0 Å². The molecule has 1 aromatic carbocycles. The second-order valence-corrected chi connectivity index (χ2v) is 5.86. The first-order valence-corrected chi connectivity index (χ1v) is 7.52. The summed E-state index contributed by atoms with van der Waals surface area (Å²) in [4.78, 5) is 22.8. The molecule has 0 aliphatic carbocycles. The molecule has 0 fully saturated rings. The van der Waals surface area contributed by atoms with Crippen molar-refractivity contribution in [3.8, 4) is 5.75 Å². The van der Waals surface area contributed by atoms with Crippen molar-refractivity contribution in [2.24, 2.45) is 11.8 Å². The summed E-state index contributed by atoms with van der Waals surface area (Å²) >= 11 is 0. The fraction of sp³-hybridized carbons (Fsp3) is 0.529. The Balaban J connectivity index is 2.54. The van der Waals surface area contributed by atoms with E-state index in [2.05, 4.69) is 26.1 Å². The highest BCUT2D eigenvalue weighted by Crippen LogP contribution is 2.20. The predicted molar refractivity (Wildman–Crippen MR) is 85.3 cm³/mol. The number of amides is 1. The topological polar surface area (TPSA) is 75.6 Å². The largest absolute Gasteiger partial charge is 0.496 e. The molecule has 5 heteroatoms. The molecule has 22 heavy (non-hydrogen) atoms. The van der Waals surface area contributed by atoms with Crippen molar-refractivity contribution in [2.75, 3.05) is 13.7 Å². The van der Waals surface area contributed by atoms with Gasteiger partial charge in [0.1, 0.15) is 5.75 Å². The summed E-state index contributed by atoms with van der Waals surface area (Å²) in [5.74, 6) is 0.423. The van der Waals surface area contributed by atoms with Crippen LogP contribution >= 0.6 is 0 Å². The zero-order valence-corrected chi connectivity index (χ0v) is 13.7. The first-order valence-electron chi connectivity index (χ1n) is 7.52. The normalized spacial score (nSPS) is 12.0. The minimum atomic E-state index is -0.985. The van der Waals surface area contributed by atoms with Crippen LogP contribution in [-0.4, -0.2) is 30.6 Å². The number of carbonyl (C=O) groups is 2. The van der Waals surface area contributed by atoms with Crippen LogP contribution in [0.25, 0.3) is 0 Å². The van der Waals surface area contributed by atoms with Crippen LogP contribution in [0.5, 0.6) is 5.75 Å². The summed E-state index contributed by atoms with van der Waals surface area (Å²) in [6, 6.07) is 4.77. The van der Waals surface area contributed by atoms with Crippen LogP contribution in [0.3, 0.4) is 0 Å². The van der Waals surface area contributed by atoms with E-state index in [0.717, 1.165) is 5.56 Å². The Morgan fingerprint density at radius 3 is 2.50 bits per heavy atom. The minimum Gasteiger partial charge on any atom is -0.496 e. The molecule has 1 amide bonds. The zero-order valence-electron chi connectivity index (χ0n) is 13.7. The van der Waals surface area contributed by atoms with Crippen molar-refractivity contribution >= 4 is 11.9 Å². The van der Waals surface area contributed by atoms with Crippen LogP contribution in [0.1, 0.15) is 43.1 Å². The van der Waals surface area contributed by atoms with Gasteiger partial charge in [-0.05, 0) is 36.0 Å². The predicted octanol–water partition coefficient (Wildman–Crippen LogP) is 2.73. The van der Waals surface area contributed by atoms with Gasteiger partial charge >= 0.3 is 5.97 Å². The molecule has 0 spiro atoms. The van der Waals surface area contributed by atoms with Crippen LogP contribution in [-0.2, 0) is 11.2 Å². The Morgan fingerprint density at radius 1 is 1.27 bits per heavy atom. The van der Waals surface area contributed by atoms with E-state index in [4.69, 9.17) is 9.84 Å². The molecule has 0 saturated heterocycles. The molecule has 0 radical (unpaired) electrons. The van der Waals surface area contributed by atoms with E-state index >= 15 is 0 Å². The molecule has 2 N–H and O–H groups in total. The summed E-state index contributed by atoms with van der Waals surface area (Å²) < 4.78 is 5.21. The Morgan fingerprint density at radius 2 is 1.95 bits per heavy atom. The lowest BCUT2D eigenvalue weighted by Gasteiger charge is -2.15. The molecular formula is C17H25NO4. The van der Waals surface area contributed by atoms with Crippen molar-refractivity contribution in [3.05, 3.63) is 29.3 Å². The number of carboxylic acids is 1. The van der Waals surface area contributed by atoms with Gasteiger partial charge in [0, 0.05) is 13.0 Å². The lowest BCUT2D eigenvalue weighted by Crippen LogP contribution is -2.28. The minimum absolute atomic E-state index is 0.0438. The van der Waals surface area contributed by atoms with Crippen molar-refractivity contribution in [1.82, 2.24) is 5.32 Å². The molecule has 0 heterocycles. The highest BCUT2D eigenvalue weighted by molar-refractivity contribution is 5.88. The quantitative estimate of drug-likeness (QED) is 0.774. The van der Waals surface area contributed by atoms with E-state index in [-0.39, 0.29) is 11.5 Å². The molecule has 0 aliphatic rings. The van der Waals surface area contributed by atoms with Crippen molar-refractivity contribution in [2.45, 2.75) is 33.6 Å². The Hall–Kier alpha value is -2.04. The van der Waals surface area contributed by atoms with Gasteiger partial charge in [0.25, 0.3) is 0 Å². The van der Waals surface area contributed by atoms with Crippen LogP contribution in [0, 0.1) is 11.8 Å². The zero-order chi connectivity index (χ0) is 16.7. The smallest absolute Gasteiger partial charge is 0.335 e. The number of hydrogen-bond acceptors (Lipinski definition) is 3. The van der Waals surface area contributed by atoms with Gasteiger partial charge in [-0.25, -0.2) is 4.79 Å². The third kappa shape index (κ3) is 5.39. The summed E-state index contributed by atoms with van der Waals surface area (Å²) in [6.45, 7) is 6.78. The summed E-state index contributed by atoms with van der Waals surface area (Å²) in [6.07, 6.45) is 1.12. The third-order valence-electron chi connectivity index (χ3n) is 3.90. The molecule has 1 unspecified atom stereocenters. The Kier molecular flexibility index (Phi) is 6.89. The third-order valence-corrected chi connectivity index (χ3v) is 3.90. The second kappa shape index (κ2) is 8.41. The highest BCUT2D eigenvalue weighted by atomic mass is 16.5. The number of methoxy groups -OCH3 is 1. The number of nitrogens with one attached hydrogen (secondary N) is 1. The molecular weight excluding hydrogens is 282 g/mol. The van der Waals surface area contributed by atoms with Crippen molar-refractivity contribution in [1.29, 1.82) is 0 Å². The van der Waals surface area contributed by atoms with Gasteiger partial charge in [-0.3, -0.25) is 4.79 Å². The van der Waals surface area contributed by atoms with E-state index < -0.39 is 5.97 Å². The van der Waals surface area contributed by atoms with Crippen molar-refractivity contribution in [3.63, 3.8) is 0 Å². The second-order valence-electron chi connectivity index (χ2n) is 5.86. The molecule has 1 rings (SSSR count). The lowest BCUT2D eigenvalue weighted by molar-refractivity contribution is -0.122. The maximum absolute atomic E-state index is 11.8. The van der Waals surface area contributed by atoms with Gasteiger partial charge in [0.05, 0.1) is 12.7 Å². The van der Waals surface area contributed by atoms with Crippen molar-refractivity contribution < 1.29 is 19.4 Å². The molecule has 122 valence electrons. The van der Waals surface area contributed by atoms with E-state index in [1.54, 1.807) is 12.1 Å². The fourth-order valence-electron chi connectivity index (χ4n) is 2.02. The van der Waals surface area contributed by atoms with Gasteiger partial charge < -0.3 is 15.2 Å². The maximum atomic E-state index is 11.8. The number of carboxylic acid groups (broad SMARTS) is 1. The summed E-state index contributed by atoms with van der Waals surface area (Å²) in [7, 11) is 1.51. The molecule has 0 aromatic heterocycles. The Bertz CT molecular complexity index is 525. The number of hydrogen-bond donors (Lipinski definition) is 2. The van der Waals surface area contributed by atoms with E-state index in [0.29, 0.717) is 37.0 Å². The Labute approximate surface area is 131 Å². The monoisotopic (exact) mass is 307 g/mol. The van der Waals surface area contributed by atoms with E-state index in [1.165, 1.54) is 13.2 Å². The number of ether oxygens (including phenoxy) is 1. The standard InChI is InChI=1S/C17H25NO4/c1-11(2)12(3)9-16(19)18-8-7-13-5-6-14(17(20)21)10-15(13)22-4/h5-6,10-12H,7-9H2,1-4H3,(H,18,19)(H,20,21). The van der Waals surface area contributed by atoms with Gasteiger partial charge in [-0.2, -0.15) is 0 Å². The first kappa shape index (κ1) is 18.0. The van der Waals surface area contributed by atoms with Gasteiger partial charge in [0.2, 0.25) is 5.91 Å². The van der Waals surface area contributed by atoms with Gasteiger partial charge in [-0.15, -0.1) is 0 Å². The van der Waals surface area contributed by atoms with Crippen LogP contribution in [0.2, 0.25) is 0 Å². The van der Waals surface area contributed by atoms with Gasteiger partial charge in [-0.1, -0.05) is 26.8 Å². The van der Waals surface area contributed by atoms with Crippen LogP contribution < -0.4 is 10.1 Å². The lowest BCUT2D eigenvalue weighted by atomic mass is 9.94. The molecule has 0 saturated carbocycles. The van der Waals surface area contributed by atoms with E-state index in [1.807, 2.05) is 0 Å². The molecule has 1 aromatic rings. The fourth-order valence-corrected chi connectivity index (χ4v) is 2.02. The molecule has 0 aliphatic heterocycles. The summed E-state index contributed by atoms with van der Waals surface area (Å²) in [5.41, 5.74) is 1.07. The average molecular weight is 307 g/mol. The maximum Gasteiger partial charge on any atom is 0.335 e. The van der Waals surface area contributed by atoms with Crippen LogP contribution in [0.4, 0.5) is 0 Å². The first-order chi connectivity index (χ1) is 10.3. The molecule has 0 bridgehead atoms. The SMILES string of the molecule is COc1cc(C(=O)O)ccc1CCNC(=O)CC(C)C(C)C. The molecule has 1 atom stereocenters. The van der Waals surface area contributed by atoms with E-state index in [9.17, 15) is 9.59 Å². The average Bonchev–Trinajstić information content (AvgIpc) is 2.46. The number of rotatable bonds is 8. The molecule has 5 nitrogen and oxygen atoms in total.